The lowest BCUT2D eigenvalue weighted by Crippen LogP contribution is -2.46. The largest absolute Gasteiger partial charge is 0.369 e. The van der Waals surface area contributed by atoms with Crippen molar-refractivity contribution in [3.63, 3.8) is 0 Å². The molecule has 6 nitrogen and oxygen atoms in total. The van der Waals surface area contributed by atoms with Crippen LogP contribution in [0.25, 0.3) is 16.7 Å². The average Bonchev–Trinajstić information content (AvgIpc) is 3.20. The van der Waals surface area contributed by atoms with E-state index in [1.54, 1.807) is 4.40 Å². The normalized spacial score (nSPS) is 15.2. The van der Waals surface area contributed by atoms with E-state index < -0.39 is 0 Å². The van der Waals surface area contributed by atoms with Gasteiger partial charge in [-0.2, -0.15) is 0 Å². The second-order valence-corrected chi connectivity index (χ2v) is 8.55. The molecule has 1 saturated heterocycles. The van der Waals surface area contributed by atoms with Crippen LogP contribution in [0, 0.1) is 0 Å². The molecule has 0 saturated carbocycles. The van der Waals surface area contributed by atoms with Gasteiger partial charge >= 0.3 is 0 Å². The minimum Gasteiger partial charge on any atom is -0.369 e. The van der Waals surface area contributed by atoms with Gasteiger partial charge in [-0.05, 0) is 49.7 Å². The number of fused-ring (bicyclic) bond motifs is 2. The predicted octanol–water partition coefficient (Wildman–Crippen LogP) is 3.91. The van der Waals surface area contributed by atoms with Crippen LogP contribution in [0.4, 0.5) is 5.69 Å². The highest BCUT2D eigenvalue weighted by molar-refractivity contribution is 6.30. The van der Waals surface area contributed by atoms with Gasteiger partial charge in [-0.15, -0.1) is 0 Å². The van der Waals surface area contributed by atoms with Gasteiger partial charge in [0.05, 0.1) is 10.9 Å². The molecule has 1 fully saturated rings. The third-order valence-electron chi connectivity index (χ3n) is 6.11. The standard InChI is InChI=1S/C24H26ClN5O/c25-19-6-5-7-20(18-19)28-14-12-27(13-15-28)10-3-4-11-29-16-17-30-23(31)21-8-1-2-9-22(21)26-24(29)30/h1-2,5-9,16-18H,3-4,10-15H2. The number of hydrogen-bond donors (Lipinski definition) is 0. The monoisotopic (exact) mass is 435 g/mol. The van der Waals surface area contributed by atoms with E-state index in [-0.39, 0.29) is 5.56 Å². The molecule has 7 heteroatoms. The number of piperazine rings is 1. The fraction of sp³-hybridized carbons (Fsp3) is 0.333. The first-order valence-corrected chi connectivity index (χ1v) is 11.3. The van der Waals surface area contributed by atoms with E-state index in [0.29, 0.717) is 5.39 Å². The molecule has 0 amide bonds. The number of unbranched alkanes of at least 4 members (excludes halogenated alkanes) is 1. The molecule has 3 heterocycles. The van der Waals surface area contributed by atoms with Crippen LogP contribution in [-0.2, 0) is 6.54 Å². The molecule has 160 valence electrons. The van der Waals surface area contributed by atoms with Gasteiger partial charge in [0.1, 0.15) is 0 Å². The highest BCUT2D eigenvalue weighted by Gasteiger charge is 2.17. The van der Waals surface area contributed by atoms with E-state index in [0.717, 1.165) is 68.4 Å². The fourth-order valence-corrected chi connectivity index (χ4v) is 4.56. The van der Waals surface area contributed by atoms with Gasteiger partial charge in [0, 0.05) is 55.8 Å². The molecule has 2 aromatic heterocycles. The van der Waals surface area contributed by atoms with E-state index in [1.165, 1.54) is 5.69 Å². The summed E-state index contributed by atoms with van der Waals surface area (Å²) < 4.78 is 3.74. The molecule has 0 unspecified atom stereocenters. The number of nitrogens with zero attached hydrogens (tertiary/aromatic N) is 5. The van der Waals surface area contributed by atoms with Gasteiger partial charge in [-0.1, -0.05) is 29.8 Å². The van der Waals surface area contributed by atoms with E-state index in [9.17, 15) is 4.79 Å². The Balaban J connectivity index is 1.15. The van der Waals surface area contributed by atoms with Crippen molar-refractivity contribution in [2.24, 2.45) is 0 Å². The van der Waals surface area contributed by atoms with Crippen LogP contribution in [0.2, 0.25) is 5.02 Å². The quantitative estimate of drug-likeness (QED) is 0.431. The van der Waals surface area contributed by atoms with Crippen molar-refractivity contribution in [1.82, 2.24) is 18.9 Å². The summed E-state index contributed by atoms with van der Waals surface area (Å²) >= 11 is 6.13. The molecular weight excluding hydrogens is 410 g/mol. The number of imidazole rings is 1. The summed E-state index contributed by atoms with van der Waals surface area (Å²) in [7, 11) is 0. The number of rotatable bonds is 6. The number of hydrogen-bond acceptors (Lipinski definition) is 4. The van der Waals surface area contributed by atoms with Gasteiger partial charge in [0.2, 0.25) is 5.78 Å². The number of para-hydroxylation sites is 1. The summed E-state index contributed by atoms with van der Waals surface area (Å²) in [6.07, 6.45) is 5.97. The zero-order valence-electron chi connectivity index (χ0n) is 17.5. The number of halogens is 1. The Labute approximate surface area is 186 Å². The fourth-order valence-electron chi connectivity index (χ4n) is 4.38. The topological polar surface area (TPSA) is 45.8 Å². The number of benzene rings is 2. The SMILES string of the molecule is O=c1c2ccccc2nc2n(CCCCN3CCN(c4cccc(Cl)c4)CC3)ccn12. The Morgan fingerprint density at radius 3 is 2.55 bits per heavy atom. The first-order valence-electron chi connectivity index (χ1n) is 10.9. The first-order chi connectivity index (χ1) is 15.2. The number of aromatic nitrogens is 3. The molecule has 0 radical (unpaired) electrons. The lowest BCUT2D eigenvalue weighted by atomic mass is 10.2. The zero-order valence-corrected chi connectivity index (χ0v) is 18.2. The molecule has 31 heavy (non-hydrogen) atoms. The Hall–Kier alpha value is -2.83. The van der Waals surface area contributed by atoms with Gasteiger partial charge in [-0.25, -0.2) is 4.98 Å². The van der Waals surface area contributed by atoms with E-state index in [1.807, 2.05) is 54.9 Å². The van der Waals surface area contributed by atoms with Crippen molar-refractivity contribution in [2.45, 2.75) is 19.4 Å². The minimum atomic E-state index is -0.00285. The predicted molar refractivity (Wildman–Crippen MR) is 126 cm³/mol. The molecule has 5 rings (SSSR count). The number of aryl methyl sites for hydroxylation is 1. The summed E-state index contributed by atoms with van der Waals surface area (Å²) in [6.45, 7) is 6.16. The summed E-state index contributed by atoms with van der Waals surface area (Å²) in [4.78, 5) is 22.3. The second-order valence-electron chi connectivity index (χ2n) is 8.11. The maximum Gasteiger partial charge on any atom is 0.266 e. The van der Waals surface area contributed by atoms with Crippen molar-refractivity contribution in [2.75, 3.05) is 37.6 Å². The molecular formula is C24H26ClN5O. The lowest BCUT2D eigenvalue weighted by Gasteiger charge is -2.36. The maximum absolute atomic E-state index is 12.7. The Kier molecular flexibility index (Phi) is 5.66. The van der Waals surface area contributed by atoms with Crippen molar-refractivity contribution in [1.29, 1.82) is 0 Å². The van der Waals surface area contributed by atoms with Crippen molar-refractivity contribution >= 4 is 34.0 Å². The summed E-state index contributed by atoms with van der Waals surface area (Å²) in [5, 5.41) is 1.46. The van der Waals surface area contributed by atoms with Crippen LogP contribution in [0.15, 0.2) is 65.7 Å². The van der Waals surface area contributed by atoms with Crippen LogP contribution < -0.4 is 10.5 Å². The Bertz CT molecular complexity index is 1260. The van der Waals surface area contributed by atoms with Gasteiger partial charge in [0.25, 0.3) is 5.56 Å². The summed E-state index contributed by atoms with van der Waals surface area (Å²) in [6, 6.07) is 15.6. The van der Waals surface area contributed by atoms with E-state index in [2.05, 4.69) is 20.4 Å². The highest BCUT2D eigenvalue weighted by atomic mass is 35.5. The molecule has 4 aromatic rings. The van der Waals surface area contributed by atoms with Crippen LogP contribution in [-0.4, -0.2) is 51.6 Å². The minimum absolute atomic E-state index is 0.00285. The Morgan fingerprint density at radius 2 is 1.71 bits per heavy atom. The molecule has 0 N–H and O–H groups in total. The highest BCUT2D eigenvalue weighted by Crippen LogP contribution is 2.21. The van der Waals surface area contributed by atoms with Crippen LogP contribution in [0.5, 0.6) is 0 Å². The van der Waals surface area contributed by atoms with E-state index in [4.69, 9.17) is 16.6 Å². The lowest BCUT2D eigenvalue weighted by molar-refractivity contribution is 0.251. The summed E-state index contributed by atoms with van der Waals surface area (Å²) in [5.74, 6) is 0.721. The maximum atomic E-state index is 12.7. The van der Waals surface area contributed by atoms with Gasteiger partial charge in [0.15, 0.2) is 0 Å². The zero-order chi connectivity index (χ0) is 21.2. The van der Waals surface area contributed by atoms with Gasteiger partial charge in [-0.3, -0.25) is 14.1 Å². The Morgan fingerprint density at radius 1 is 0.903 bits per heavy atom. The second kappa shape index (κ2) is 8.73. The third-order valence-corrected chi connectivity index (χ3v) is 6.35. The van der Waals surface area contributed by atoms with Gasteiger partial charge < -0.3 is 9.47 Å². The summed E-state index contributed by atoms with van der Waals surface area (Å²) in [5.41, 5.74) is 1.96. The van der Waals surface area contributed by atoms with Crippen molar-refractivity contribution < 1.29 is 0 Å². The van der Waals surface area contributed by atoms with Crippen molar-refractivity contribution in [3.05, 3.63) is 76.3 Å². The molecule has 0 bridgehead atoms. The molecule has 0 spiro atoms. The number of anilines is 1. The molecule has 2 aromatic carbocycles. The van der Waals surface area contributed by atoms with E-state index >= 15 is 0 Å². The van der Waals surface area contributed by atoms with Crippen molar-refractivity contribution in [3.8, 4) is 0 Å². The molecule has 1 aliphatic rings. The first kappa shape index (κ1) is 20.1. The smallest absolute Gasteiger partial charge is 0.266 e. The molecule has 0 atom stereocenters. The molecule has 1 aliphatic heterocycles. The average molecular weight is 436 g/mol. The van der Waals surface area contributed by atoms with Crippen LogP contribution in [0.1, 0.15) is 12.8 Å². The third kappa shape index (κ3) is 4.18. The van der Waals surface area contributed by atoms with Crippen LogP contribution in [0.3, 0.4) is 0 Å². The molecule has 0 aliphatic carbocycles. The van der Waals surface area contributed by atoms with Crippen LogP contribution >= 0.6 is 11.6 Å².